The first kappa shape index (κ1) is 12.8. The fraction of sp³-hybridized carbons (Fsp3) is 0.538. The topological polar surface area (TPSA) is 60.7 Å². The second-order valence-corrected chi connectivity index (χ2v) is 5.40. The zero-order valence-electron chi connectivity index (χ0n) is 10.1. The number of phenolic OH excluding ortho intramolecular Hbond substituents is 2. The van der Waals surface area contributed by atoms with Crippen molar-refractivity contribution in [2.75, 3.05) is 0 Å². The van der Waals surface area contributed by atoms with Crippen molar-refractivity contribution >= 4 is 0 Å². The van der Waals surface area contributed by atoms with Crippen LogP contribution in [0.3, 0.4) is 0 Å². The van der Waals surface area contributed by atoms with Gasteiger partial charge in [-0.2, -0.15) is 0 Å². The van der Waals surface area contributed by atoms with Crippen molar-refractivity contribution < 1.29 is 15.3 Å². The highest BCUT2D eigenvalue weighted by Gasteiger charge is 2.15. The molecular formula is C13H20O3. The fourth-order valence-electron chi connectivity index (χ4n) is 1.55. The van der Waals surface area contributed by atoms with Gasteiger partial charge in [-0.3, -0.25) is 0 Å². The van der Waals surface area contributed by atoms with Gasteiger partial charge in [0.1, 0.15) is 11.5 Å². The average Bonchev–Trinajstić information content (AvgIpc) is 2.11. The van der Waals surface area contributed by atoms with Crippen LogP contribution in [0.1, 0.15) is 45.3 Å². The monoisotopic (exact) mass is 224 g/mol. The van der Waals surface area contributed by atoms with E-state index in [0.717, 1.165) is 6.42 Å². The van der Waals surface area contributed by atoms with Gasteiger partial charge in [0.25, 0.3) is 0 Å². The number of hydrogen-bond donors (Lipinski definition) is 3. The normalized spacial score (nSPS) is 13.8. The maximum atomic E-state index is 9.91. The summed E-state index contributed by atoms with van der Waals surface area (Å²) in [6, 6.07) is 4.21. The van der Waals surface area contributed by atoms with E-state index in [9.17, 15) is 15.3 Å². The van der Waals surface area contributed by atoms with E-state index in [4.69, 9.17) is 0 Å². The van der Waals surface area contributed by atoms with Crippen LogP contribution in [0.15, 0.2) is 18.2 Å². The van der Waals surface area contributed by atoms with Crippen LogP contribution in [0.25, 0.3) is 0 Å². The molecule has 0 aromatic heterocycles. The van der Waals surface area contributed by atoms with E-state index in [1.54, 1.807) is 0 Å². The molecule has 0 spiro atoms. The SMILES string of the molecule is CC(C)(C)CCC(O)c1cc(O)cc(O)c1. The van der Waals surface area contributed by atoms with Gasteiger partial charge in [-0.1, -0.05) is 20.8 Å². The summed E-state index contributed by atoms with van der Waals surface area (Å²) in [5, 5.41) is 28.5. The third kappa shape index (κ3) is 4.11. The van der Waals surface area contributed by atoms with Gasteiger partial charge in [-0.25, -0.2) is 0 Å². The Morgan fingerprint density at radius 2 is 1.56 bits per heavy atom. The lowest BCUT2D eigenvalue weighted by atomic mass is 9.88. The largest absolute Gasteiger partial charge is 0.508 e. The van der Waals surface area contributed by atoms with Crippen LogP contribution in [-0.2, 0) is 0 Å². The Kier molecular flexibility index (Phi) is 3.81. The summed E-state index contributed by atoms with van der Waals surface area (Å²) in [5.74, 6) is -0.0467. The molecule has 1 aromatic rings. The molecule has 90 valence electrons. The maximum absolute atomic E-state index is 9.91. The summed E-state index contributed by atoms with van der Waals surface area (Å²) in [5.41, 5.74) is 0.724. The quantitative estimate of drug-likeness (QED) is 0.739. The van der Waals surface area contributed by atoms with E-state index < -0.39 is 6.10 Å². The van der Waals surface area contributed by atoms with Gasteiger partial charge in [0.15, 0.2) is 0 Å². The fourth-order valence-corrected chi connectivity index (χ4v) is 1.55. The molecule has 0 aliphatic heterocycles. The third-order valence-electron chi connectivity index (χ3n) is 2.48. The molecule has 0 heterocycles. The highest BCUT2D eigenvalue weighted by molar-refractivity contribution is 5.37. The minimum Gasteiger partial charge on any atom is -0.508 e. The van der Waals surface area contributed by atoms with E-state index in [2.05, 4.69) is 20.8 Å². The van der Waals surface area contributed by atoms with Gasteiger partial charge in [-0.05, 0) is 36.0 Å². The number of benzene rings is 1. The lowest BCUT2D eigenvalue weighted by Gasteiger charge is -2.20. The van der Waals surface area contributed by atoms with Crippen molar-refractivity contribution in [1.82, 2.24) is 0 Å². The highest BCUT2D eigenvalue weighted by Crippen LogP contribution is 2.30. The standard InChI is InChI=1S/C13H20O3/c1-13(2,3)5-4-12(16)9-6-10(14)8-11(15)7-9/h6-8,12,14-16H,4-5H2,1-3H3. The van der Waals surface area contributed by atoms with Crippen molar-refractivity contribution in [3.8, 4) is 11.5 Å². The van der Waals surface area contributed by atoms with Crippen molar-refractivity contribution in [2.45, 2.75) is 39.7 Å². The molecule has 1 atom stereocenters. The van der Waals surface area contributed by atoms with Crippen LogP contribution in [0.4, 0.5) is 0 Å². The predicted octanol–water partition coefficient (Wildman–Crippen LogP) is 2.96. The maximum Gasteiger partial charge on any atom is 0.119 e. The van der Waals surface area contributed by atoms with Gasteiger partial charge in [-0.15, -0.1) is 0 Å². The molecule has 3 N–H and O–H groups in total. The molecular weight excluding hydrogens is 204 g/mol. The van der Waals surface area contributed by atoms with Gasteiger partial charge in [0, 0.05) is 6.07 Å². The Labute approximate surface area is 96.4 Å². The van der Waals surface area contributed by atoms with E-state index in [0.29, 0.717) is 12.0 Å². The van der Waals surface area contributed by atoms with Crippen LogP contribution < -0.4 is 0 Å². The molecule has 0 aliphatic carbocycles. The number of rotatable bonds is 3. The van der Waals surface area contributed by atoms with Crippen molar-refractivity contribution in [1.29, 1.82) is 0 Å². The van der Waals surface area contributed by atoms with Crippen LogP contribution in [0.5, 0.6) is 11.5 Å². The zero-order valence-corrected chi connectivity index (χ0v) is 10.1. The summed E-state index contributed by atoms with van der Waals surface area (Å²) in [6.07, 6.45) is 0.856. The van der Waals surface area contributed by atoms with E-state index in [1.807, 2.05) is 0 Å². The Balaban J connectivity index is 2.69. The average molecular weight is 224 g/mol. The molecule has 1 rings (SSSR count). The lowest BCUT2D eigenvalue weighted by molar-refractivity contribution is 0.147. The molecule has 3 heteroatoms. The van der Waals surface area contributed by atoms with Crippen LogP contribution in [0.2, 0.25) is 0 Å². The van der Waals surface area contributed by atoms with E-state index in [-0.39, 0.29) is 16.9 Å². The van der Waals surface area contributed by atoms with Crippen LogP contribution in [-0.4, -0.2) is 15.3 Å². The number of aliphatic hydroxyl groups is 1. The summed E-state index contributed by atoms with van der Waals surface area (Å²) in [6.45, 7) is 6.33. The van der Waals surface area contributed by atoms with Crippen molar-refractivity contribution in [3.05, 3.63) is 23.8 Å². The lowest BCUT2D eigenvalue weighted by Crippen LogP contribution is -2.08. The summed E-state index contributed by atoms with van der Waals surface area (Å²) in [7, 11) is 0. The minimum atomic E-state index is -0.641. The van der Waals surface area contributed by atoms with E-state index in [1.165, 1.54) is 18.2 Å². The molecule has 16 heavy (non-hydrogen) atoms. The number of hydrogen-bond acceptors (Lipinski definition) is 3. The van der Waals surface area contributed by atoms with Crippen molar-refractivity contribution in [2.24, 2.45) is 5.41 Å². The molecule has 0 aliphatic rings. The van der Waals surface area contributed by atoms with E-state index >= 15 is 0 Å². The Morgan fingerprint density at radius 1 is 1.06 bits per heavy atom. The predicted molar refractivity (Wildman–Crippen MR) is 63.4 cm³/mol. The van der Waals surface area contributed by atoms with Gasteiger partial charge < -0.3 is 15.3 Å². The highest BCUT2D eigenvalue weighted by atomic mass is 16.3. The molecule has 3 nitrogen and oxygen atoms in total. The molecule has 0 amide bonds. The molecule has 1 aromatic carbocycles. The molecule has 0 saturated heterocycles. The Hall–Kier alpha value is -1.22. The first-order chi connectivity index (χ1) is 7.28. The van der Waals surface area contributed by atoms with Crippen LogP contribution >= 0.6 is 0 Å². The minimum absolute atomic E-state index is 0.0233. The zero-order chi connectivity index (χ0) is 12.3. The van der Waals surface area contributed by atoms with Gasteiger partial charge >= 0.3 is 0 Å². The Morgan fingerprint density at radius 3 is 2.00 bits per heavy atom. The first-order valence-corrected chi connectivity index (χ1v) is 5.49. The van der Waals surface area contributed by atoms with Crippen LogP contribution in [0, 0.1) is 5.41 Å². The molecule has 0 radical (unpaired) electrons. The smallest absolute Gasteiger partial charge is 0.119 e. The molecule has 0 fully saturated rings. The molecule has 1 unspecified atom stereocenters. The van der Waals surface area contributed by atoms with Gasteiger partial charge in [0.2, 0.25) is 0 Å². The molecule has 0 bridgehead atoms. The summed E-state index contributed by atoms with van der Waals surface area (Å²) >= 11 is 0. The second-order valence-electron chi connectivity index (χ2n) is 5.40. The summed E-state index contributed by atoms with van der Waals surface area (Å²) in [4.78, 5) is 0. The number of aliphatic hydroxyl groups excluding tert-OH is 1. The second kappa shape index (κ2) is 4.74. The summed E-state index contributed by atoms with van der Waals surface area (Å²) < 4.78 is 0. The first-order valence-electron chi connectivity index (χ1n) is 5.49. The van der Waals surface area contributed by atoms with Gasteiger partial charge in [0.05, 0.1) is 6.10 Å². The van der Waals surface area contributed by atoms with Crippen molar-refractivity contribution in [3.63, 3.8) is 0 Å². The number of phenols is 2. The number of aromatic hydroxyl groups is 2. The molecule has 0 saturated carbocycles. The Bertz CT molecular complexity index is 332. The third-order valence-corrected chi connectivity index (χ3v) is 2.48.